The Hall–Kier alpha value is -2.86. The number of nitro groups is 1. The molecule has 0 aromatic heterocycles. The van der Waals surface area contributed by atoms with Crippen molar-refractivity contribution >= 4 is 41.1 Å². The first-order chi connectivity index (χ1) is 18.9. The van der Waals surface area contributed by atoms with Crippen LogP contribution < -0.4 is 0 Å². The van der Waals surface area contributed by atoms with Crippen LogP contribution in [0.3, 0.4) is 0 Å². The number of benzene rings is 2. The van der Waals surface area contributed by atoms with E-state index in [1.807, 2.05) is 25.1 Å². The number of ether oxygens (including phenoxy) is 1. The number of esters is 1. The van der Waals surface area contributed by atoms with E-state index in [0.717, 1.165) is 35.9 Å². The Bertz CT molecular complexity index is 1260. The Kier molecular flexibility index (Phi) is 8.61. The summed E-state index contributed by atoms with van der Waals surface area (Å²) in [4.78, 5) is 40.7. The van der Waals surface area contributed by atoms with Gasteiger partial charge in [-0.3, -0.25) is 24.7 Å². The molecule has 11 heteroatoms. The van der Waals surface area contributed by atoms with E-state index in [1.165, 1.54) is 34.4 Å². The van der Waals surface area contributed by atoms with Crippen LogP contribution in [0.25, 0.3) is 0 Å². The van der Waals surface area contributed by atoms with Gasteiger partial charge < -0.3 is 9.84 Å². The SMILES string of the molecule is CC[C@H](O)[C@@H]1C(=O)N2C(C(=O)OCc3ccc([N+](=O)[O-])cc3)=C(SC[C@@H]3CCCN3Cc3ccccc3)S[C@H]12. The van der Waals surface area contributed by atoms with Gasteiger partial charge in [0.1, 0.15) is 12.0 Å². The van der Waals surface area contributed by atoms with Gasteiger partial charge in [0.25, 0.3) is 5.69 Å². The van der Waals surface area contributed by atoms with Gasteiger partial charge in [-0.1, -0.05) is 49.0 Å². The number of fused-ring (bicyclic) bond motifs is 1. The molecule has 0 bridgehead atoms. The van der Waals surface area contributed by atoms with E-state index >= 15 is 0 Å². The number of β-lactam (4-membered cyclic amide) rings is 1. The van der Waals surface area contributed by atoms with Crippen molar-refractivity contribution in [1.29, 1.82) is 0 Å². The molecule has 4 atom stereocenters. The minimum Gasteiger partial charge on any atom is -0.456 e. The molecule has 9 nitrogen and oxygen atoms in total. The molecule has 3 heterocycles. The average Bonchev–Trinajstić information content (AvgIpc) is 3.52. The molecule has 3 aliphatic rings. The maximum atomic E-state index is 13.3. The number of hydrogen-bond acceptors (Lipinski definition) is 9. The highest BCUT2D eigenvalue weighted by atomic mass is 32.2. The smallest absolute Gasteiger partial charge is 0.357 e. The summed E-state index contributed by atoms with van der Waals surface area (Å²) in [5.41, 5.74) is 2.09. The van der Waals surface area contributed by atoms with E-state index < -0.39 is 22.9 Å². The van der Waals surface area contributed by atoms with Crippen LogP contribution in [0.1, 0.15) is 37.3 Å². The van der Waals surface area contributed by atoms with Gasteiger partial charge in [-0.2, -0.15) is 0 Å². The first-order valence-corrected chi connectivity index (χ1v) is 15.0. The summed E-state index contributed by atoms with van der Waals surface area (Å²) in [5.74, 6) is -0.622. The third-order valence-electron chi connectivity index (χ3n) is 7.42. The Labute approximate surface area is 235 Å². The fourth-order valence-electron chi connectivity index (χ4n) is 5.22. The number of amides is 1. The van der Waals surface area contributed by atoms with E-state index in [0.29, 0.717) is 18.0 Å². The van der Waals surface area contributed by atoms with Crippen LogP contribution in [0.15, 0.2) is 64.5 Å². The molecule has 2 saturated heterocycles. The van der Waals surface area contributed by atoms with Gasteiger partial charge in [-0.15, -0.1) is 11.8 Å². The molecule has 5 rings (SSSR count). The largest absolute Gasteiger partial charge is 0.456 e. The lowest BCUT2D eigenvalue weighted by Crippen LogP contribution is -2.61. The van der Waals surface area contributed by atoms with Gasteiger partial charge in [0, 0.05) is 30.5 Å². The fraction of sp³-hybridized carbons (Fsp3) is 0.429. The van der Waals surface area contributed by atoms with E-state index in [4.69, 9.17) is 4.74 Å². The number of likely N-dealkylation sites (tertiary alicyclic amines) is 1. The Morgan fingerprint density at radius 2 is 1.95 bits per heavy atom. The number of carbonyl (C=O) groups excluding carboxylic acids is 2. The maximum Gasteiger partial charge on any atom is 0.357 e. The number of thioether (sulfide) groups is 2. The second-order valence-corrected chi connectivity index (χ2v) is 12.3. The molecule has 0 radical (unpaired) electrons. The van der Waals surface area contributed by atoms with Crippen molar-refractivity contribution in [1.82, 2.24) is 9.80 Å². The number of rotatable bonds is 11. The second-order valence-electron chi connectivity index (χ2n) is 9.92. The van der Waals surface area contributed by atoms with Gasteiger partial charge in [0.15, 0.2) is 5.70 Å². The van der Waals surface area contributed by atoms with Crippen molar-refractivity contribution in [2.45, 2.75) is 56.9 Å². The highest BCUT2D eigenvalue weighted by Crippen LogP contribution is 2.54. The molecule has 1 N–H and O–H groups in total. The topological polar surface area (TPSA) is 113 Å². The monoisotopic (exact) mass is 569 g/mol. The van der Waals surface area contributed by atoms with Crippen LogP contribution in [0, 0.1) is 16.0 Å². The summed E-state index contributed by atoms with van der Waals surface area (Å²) in [6, 6.07) is 16.5. The summed E-state index contributed by atoms with van der Waals surface area (Å²) >= 11 is 3.04. The highest BCUT2D eigenvalue weighted by molar-refractivity contribution is 8.22. The van der Waals surface area contributed by atoms with E-state index in [-0.39, 0.29) is 29.3 Å². The lowest BCUT2D eigenvalue weighted by molar-refractivity contribution is -0.384. The number of nitro benzene ring substituents is 1. The lowest BCUT2D eigenvalue weighted by atomic mass is 9.90. The van der Waals surface area contributed by atoms with E-state index in [9.17, 15) is 24.8 Å². The van der Waals surface area contributed by atoms with Crippen LogP contribution in [-0.2, 0) is 27.5 Å². The second kappa shape index (κ2) is 12.1. The number of carbonyl (C=O) groups is 2. The van der Waals surface area contributed by atoms with Gasteiger partial charge in [0.2, 0.25) is 5.91 Å². The highest BCUT2D eigenvalue weighted by Gasteiger charge is 2.58. The van der Waals surface area contributed by atoms with Crippen molar-refractivity contribution in [3.8, 4) is 0 Å². The van der Waals surface area contributed by atoms with Crippen molar-refractivity contribution in [2.75, 3.05) is 12.3 Å². The van der Waals surface area contributed by atoms with Crippen molar-refractivity contribution in [2.24, 2.45) is 5.92 Å². The minimum atomic E-state index is -0.760. The Morgan fingerprint density at radius 1 is 1.21 bits per heavy atom. The Morgan fingerprint density at radius 3 is 2.64 bits per heavy atom. The molecule has 0 spiro atoms. The zero-order valence-electron chi connectivity index (χ0n) is 21.6. The summed E-state index contributed by atoms with van der Waals surface area (Å²) in [6.07, 6.45) is 1.89. The third kappa shape index (κ3) is 5.86. The van der Waals surface area contributed by atoms with Crippen LogP contribution in [0.2, 0.25) is 0 Å². The maximum absolute atomic E-state index is 13.3. The van der Waals surface area contributed by atoms with Gasteiger partial charge in [-0.25, -0.2) is 4.79 Å². The average molecular weight is 570 g/mol. The zero-order chi connectivity index (χ0) is 27.5. The molecule has 0 saturated carbocycles. The first kappa shape index (κ1) is 27.7. The van der Waals surface area contributed by atoms with Crippen molar-refractivity contribution < 1.29 is 24.4 Å². The van der Waals surface area contributed by atoms with Crippen LogP contribution in [-0.4, -0.2) is 61.5 Å². The number of non-ortho nitro benzene ring substituents is 1. The quantitative estimate of drug-likeness (QED) is 0.181. The summed E-state index contributed by atoms with van der Waals surface area (Å²) in [7, 11) is 0. The lowest BCUT2D eigenvalue weighted by Gasteiger charge is -2.44. The molecule has 2 aromatic rings. The van der Waals surface area contributed by atoms with E-state index in [2.05, 4.69) is 17.0 Å². The molecule has 39 heavy (non-hydrogen) atoms. The van der Waals surface area contributed by atoms with Gasteiger partial charge in [0.05, 0.1) is 21.2 Å². The molecule has 2 fully saturated rings. The third-order valence-corrected chi connectivity index (χ3v) is 10.2. The predicted octanol–water partition coefficient (Wildman–Crippen LogP) is 4.51. The molecule has 1 amide bonds. The van der Waals surface area contributed by atoms with Gasteiger partial charge in [-0.05, 0) is 49.1 Å². The number of nitrogens with zero attached hydrogens (tertiary/aromatic N) is 3. The molecular formula is C28H31N3O6S2. The summed E-state index contributed by atoms with van der Waals surface area (Å²) in [5, 5.41) is 21.0. The van der Waals surface area contributed by atoms with Crippen LogP contribution >= 0.6 is 23.5 Å². The number of hydrogen-bond donors (Lipinski definition) is 1. The zero-order valence-corrected chi connectivity index (χ0v) is 23.2. The molecular weight excluding hydrogens is 538 g/mol. The molecule has 0 unspecified atom stereocenters. The molecule has 2 aromatic carbocycles. The van der Waals surface area contributed by atoms with Crippen molar-refractivity contribution in [3.63, 3.8) is 0 Å². The van der Waals surface area contributed by atoms with Crippen molar-refractivity contribution in [3.05, 3.63) is 85.8 Å². The number of aliphatic hydroxyl groups is 1. The van der Waals surface area contributed by atoms with E-state index in [1.54, 1.807) is 23.9 Å². The van der Waals surface area contributed by atoms with Crippen LogP contribution in [0.4, 0.5) is 5.69 Å². The summed E-state index contributed by atoms with van der Waals surface area (Å²) in [6.45, 7) is 3.67. The number of aliphatic hydroxyl groups excluding tert-OH is 1. The fourth-order valence-corrected chi connectivity index (χ4v) is 8.30. The minimum absolute atomic E-state index is 0.0403. The summed E-state index contributed by atoms with van der Waals surface area (Å²) < 4.78 is 6.33. The standard InChI is InChI=1S/C28H31N3O6S2/c1-2-22(32)23-25(33)30-24(27(34)37-16-19-10-12-20(13-11-19)31(35)36)28(39-26(23)30)38-17-21-9-6-14-29(21)15-18-7-4-3-5-8-18/h3-5,7-8,10-13,21-23,26,32H,2,6,9,14-17H2,1H3/t21-,22-,23+,26+/m0/s1. The molecule has 206 valence electrons. The molecule has 0 aliphatic carbocycles. The Balaban J connectivity index is 1.29. The predicted molar refractivity (Wildman–Crippen MR) is 150 cm³/mol. The normalized spacial score (nSPS) is 23.5. The van der Waals surface area contributed by atoms with Gasteiger partial charge >= 0.3 is 5.97 Å². The van der Waals surface area contributed by atoms with Crippen LogP contribution in [0.5, 0.6) is 0 Å². The first-order valence-electron chi connectivity index (χ1n) is 13.1. The molecule has 3 aliphatic heterocycles.